The van der Waals surface area contributed by atoms with Crippen LogP contribution in [0.1, 0.15) is 42.5 Å². The summed E-state index contributed by atoms with van der Waals surface area (Å²) in [5.74, 6) is 0.855. The minimum atomic E-state index is -0.233. The van der Waals surface area contributed by atoms with Crippen LogP contribution in [0, 0.1) is 6.92 Å². The van der Waals surface area contributed by atoms with Crippen molar-refractivity contribution in [1.82, 2.24) is 5.32 Å². The third kappa shape index (κ3) is 7.34. The van der Waals surface area contributed by atoms with E-state index in [4.69, 9.17) is 9.47 Å². The predicted octanol–water partition coefficient (Wildman–Crippen LogP) is 6.41. The van der Waals surface area contributed by atoms with Gasteiger partial charge in [0.05, 0.1) is 11.6 Å². The van der Waals surface area contributed by atoms with Gasteiger partial charge in [-0.25, -0.2) is 0 Å². The maximum atomic E-state index is 12.3. The zero-order valence-corrected chi connectivity index (χ0v) is 20.9. The molecule has 0 aliphatic heterocycles. The Balaban J connectivity index is 1.63. The number of carbonyl (C=O) groups excluding carboxylic acids is 1. The van der Waals surface area contributed by atoms with E-state index in [2.05, 4.69) is 57.8 Å². The highest BCUT2D eigenvalue weighted by atomic mass is 79.9. The molecule has 0 spiro atoms. The monoisotopic (exact) mass is 510 g/mol. The van der Waals surface area contributed by atoms with Gasteiger partial charge < -0.3 is 20.1 Å². The molecule has 1 amide bonds. The second kappa shape index (κ2) is 12.4. The lowest BCUT2D eigenvalue weighted by molar-refractivity contribution is -0.118. The van der Waals surface area contributed by atoms with E-state index in [1.807, 2.05) is 49.4 Å². The lowest BCUT2D eigenvalue weighted by Gasteiger charge is -2.20. The molecule has 174 valence electrons. The summed E-state index contributed by atoms with van der Waals surface area (Å²) in [5, 5.41) is 6.49. The van der Waals surface area contributed by atoms with Gasteiger partial charge in [-0.05, 0) is 64.7 Å². The van der Waals surface area contributed by atoms with Crippen molar-refractivity contribution in [3.05, 3.63) is 87.9 Å². The van der Waals surface area contributed by atoms with Crippen molar-refractivity contribution in [2.75, 3.05) is 19.0 Å². The number of aryl methyl sites for hydroxylation is 1. The summed E-state index contributed by atoms with van der Waals surface area (Å²) in [6.07, 6.45) is 2.15. The number of amides is 1. The van der Waals surface area contributed by atoms with Crippen LogP contribution in [0.5, 0.6) is 11.5 Å². The SMILES string of the molecule is CCCC(NCc1cc(Br)c(OCC(=O)Nc2ccc(C)cc2)c(OC)c1)c1ccccc1. The average Bonchev–Trinajstić information content (AvgIpc) is 2.82. The summed E-state index contributed by atoms with van der Waals surface area (Å²) in [7, 11) is 1.60. The topological polar surface area (TPSA) is 59.6 Å². The molecule has 33 heavy (non-hydrogen) atoms. The Morgan fingerprint density at radius 3 is 2.45 bits per heavy atom. The molecule has 0 saturated carbocycles. The van der Waals surface area contributed by atoms with E-state index >= 15 is 0 Å². The molecule has 0 heterocycles. The quantitative estimate of drug-likeness (QED) is 0.312. The number of hydrogen-bond donors (Lipinski definition) is 2. The molecule has 1 atom stereocenters. The summed E-state index contributed by atoms with van der Waals surface area (Å²) in [4.78, 5) is 12.3. The third-order valence-corrected chi connectivity index (χ3v) is 5.89. The number of benzene rings is 3. The van der Waals surface area contributed by atoms with Gasteiger partial charge in [0.1, 0.15) is 0 Å². The summed E-state index contributed by atoms with van der Waals surface area (Å²) in [5.41, 5.74) is 4.22. The molecule has 0 radical (unpaired) electrons. The second-order valence-electron chi connectivity index (χ2n) is 7.94. The number of halogens is 1. The van der Waals surface area contributed by atoms with Crippen LogP contribution in [0.25, 0.3) is 0 Å². The minimum Gasteiger partial charge on any atom is -0.493 e. The highest BCUT2D eigenvalue weighted by molar-refractivity contribution is 9.10. The van der Waals surface area contributed by atoms with Gasteiger partial charge in [0.25, 0.3) is 5.91 Å². The third-order valence-electron chi connectivity index (χ3n) is 5.30. The highest BCUT2D eigenvalue weighted by Crippen LogP contribution is 2.37. The first-order chi connectivity index (χ1) is 16.0. The van der Waals surface area contributed by atoms with Gasteiger partial charge in [0.15, 0.2) is 18.1 Å². The Morgan fingerprint density at radius 2 is 1.79 bits per heavy atom. The summed E-state index contributed by atoms with van der Waals surface area (Å²) < 4.78 is 12.1. The van der Waals surface area contributed by atoms with Crippen molar-refractivity contribution in [3.63, 3.8) is 0 Å². The fourth-order valence-corrected chi connectivity index (χ4v) is 4.19. The van der Waals surface area contributed by atoms with E-state index in [0.717, 1.165) is 34.1 Å². The van der Waals surface area contributed by atoms with Crippen LogP contribution in [0.3, 0.4) is 0 Å². The molecule has 3 rings (SSSR count). The maximum Gasteiger partial charge on any atom is 0.262 e. The Labute approximate surface area is 204 Å². The fourth-order valence-electron chi connectivity index (χ4n) is 3.59. The summed E-state index contributed by atoms with van der Waals surface area (Å²) in [6, 6.07) is 22.3. The zero-order valence-electron chi connectivity index (χ0n) is 19.4. The molecule has 0 aliphatic carbocycles. The number of anilines is 1. The smallest absolute Gasteiger partial charge is 0.262 e. The van der Waals surface area contributed by atoms with Crippen LogP contribution in [-0.2, 0) is 11.3 Å². The van der Waals surface area contributed by atoms with E-state index in [0.29, 0.717) is 18.0 Å². The minimum absolute atomic E-state index is 0.118. The van der Waals surface area contributed by atoms with Crippen LogP contribution >= 0.6 is 15.9 Å². The molecule has 2 N–H and O–H groups in total. The van der Waals surface area contributed by atoms with Crippen molar-refractivity contribution in [3.8, 4) is 11.5 Å². The average molecular weight is 511 g/mol. The van der Waals surface area contributed by atoms with Gasteiger partial charge in [0.2, 0.25) is 0 Å². The summed E-state index contributed by atoms with van der Waals surface area (Å²) >= 11 is 3.58. The molecular weight excluding hydrogens is 480 g/mol. The first-order valence-electron chi connectivity index (χ1n) is 11.1. The van der Waals surface area contributed by atoms with E-state index in [1.54, 1.807) is 7.11 Å². The molecule has 6 heteroatoms. The van der Waals surface area contributed by atoms with Crippen molar-refractivity contribution in [2.24, 2.45) is 0 Å². The molecule has 0 bridgehead atoms. The molecular formula is C27H31BrN2O3. The van der Waals surface area contributed by atoms with E-state index in [9.17, 15) is 4.79 Å². The standard InChI is InChI=1S/C27H31BrN2O3/c1-4-8-24(21-9-6-5-7-10-21)29-17-20-15-23(28)27(25(16-20)32-3)33-18-26(31)30-22-13-11-19(2)12-14-22/h5-7,9-16,24,29H,4,8,17-18H2,1-3H3,(H,30,31). The molecule has 3 aromatic carbocycles. The van der Waals surface area contributed by atoms with Gasteiger partial charge in [0, 0.05) is 18.3 Å². The van der Waals surface area contributed by atoms with Crippen molar-refractivity contribution < 1.29 is 14.3 Å². The van der Waals surface area contributed by atoms with E-state index < -0.39 is 0 Å². The zero-order chi connectivity index (χ0) is 23.6. The Hall–Kier alpha value is -2.83. The summed E-state index contributed by atoms with van der Waals surface area (Å²) in [6.45, 7) is 4.76. The highest BCUT2D eigenvalue weighted by Gasteiger charge is 2.15. The van der Waals surface area contributed by atoms with Crippen LogP contribution in [0.2, 0.25) is 0 Å². The molecule has 0 aromatic heterocycles. The van der Waals surface area contributed by atoms with Crippen LogP contribution in [-0.4, -0.2) is 19.6 Å². The second-order valence-corrected chi connectivity index (χ2v) is 8.80. The number of rotatable bonds is 11. The lowest BCUT2D eigenvalue weighted by Crippen LogP contribution is -2.21. The Morgan fingerprint density at radius 1 is 1.06 bits per heavy atom. The largest absolute Gasteiger partial charge is 0.493 e. The van der Waals surface area contributed by atoms with Crippen LogP contribution in [0.4, 0.5) is 5.69 Å². The van der Waals surface area contributed by atoms with Gasteiger partial charge >= 0.3 is 0 Å². The van der Waals surface area contributed by atoms with Gasteiger partial charge in [-0.2, -0.15) is 0 Å². The first-order valence-corrected chi connectivity index (χ1v) is 11.9. The number of ether oxygens (including phenoxy) is 2. The molecule has 0 fully saturated rings. The molecule has 0 saturated heterocycles. The Kier molecular flexibility index (Phi) is 9.34. The number of hydrogen-bond acceptors (Lipinski definition) is 4. The van der Waals surface area contributed by atoms with Crippen LogP contribution in [0.15, 0.2) is 71.2 Å². The van der Waals surface area contributed by atoms with Crippen molar-refractivity contribution in [1.29, 1.82) is 0 Å². The van der Waals surface area contributed by atoms with Gasteiger partial charge in [-0.15, -0.1) is 0 Å². The predicted molar refractivity (Wildman–Crippen MR) is 137 cm³/mol. The van der Waals surface area contributed by atoms with E-state index in [-0.39, 0.29) is 18.6 Å². The maximum absolute atomic E-state index is 12.3. The molecule has 3 aromatic rings. The number of nitrogens with one attached hydrogen (secondary N) is 2. The normalized spacial score (nSPS) is 11.6. The lowest BCUT2D eigenvalue weighted by atomic mass is 10.0. The molecule has 1 unspecified atom stereocenters. The Bertz CT molecular complexity index is 1040. The molecule has 0 aliphatic rings. The number of carbonyl (C=O) groups is 1. The molecule has 5 nitrogen and oxygen atoms in total. The first kappa shape index (κ1) is 24.8. The number of methoxy groups -OCH3 is 1. The van der Waals surface area contributed by atoms with Crippen molar-refractivity contribution >= 4 is 27.5 Å². The van der Waals surface area contributed by atoms with Gasteiger partial charge in [-0.3, -0.25) is 4.79 Å². The van der Waals surface area contributed by atoms with Gasteiger partial charge in [-0.1, -0.05) is 61.4 Å². The fraction of sp³-hybridized carbons (Fsp3) is 0.296. The van der Waals surface area contributed by atoms with E-state index in [1.165, 1.54) is 5.56 Å². The van der Waals surface area contributed by atoms with Crippen LogP contribution < -0.4 is 20.1 Å². The van der Waals surface area contributed by atoms with Crippen molar-refractivity contribution in [2.45, 2.75) is 39.3 Å².